The molecule has 0 fully saturated rings. The number of rotatable bonds is 10. The van der Waals surface area contributed by atoms with Crippen molar-refractivity contribution in [3.05, 3.63) is 143 Å². The molecule has 0 aliphatic rings. The smallest absolute Gasteiger partial charge is 0.247 e. The predicted octanol–water partition coefficient (Wildman–Crippen LogP) is 5.84. The fraction of sp³-hybridized carbons (Fsp3) is 0.161. The van der Waals surface area contributed by atoms with E-state index in [2.05, 4.69) is 5.32 Å². The van der Waals surface area contributed by atoms with Crippen molar-refractivity contribution in [3.63, 3.8) is 0 Å². The number of benzene rings is 4. The molecule has 0 radical (unpaired) electrons. The summed E-state index contributed by atoms with van der Waals surface area (Å²) in [6.07, 6.45) is 0.813. The standard InChI is InChI=1S/C31H29FN2O2/c32-28-19-16-26(17-20-28)23-34(29(35)21-18-24-10-4-1-5-11-24)30(27-14-8-3-9-15-27)31(36)33-22-25-12-6-2-7-13-25/h1-17,19-20,30H,18,21-23H2,(H,33,36)/t30-/m0/s1. The van der Waals surface area contributed by atoms with Crippen molar-refractivity contribution >= 4 is 11.8 Å². The minimum absolute atomic E-state index is 0.146. The van der Waals surface area contributed by atoms with Gasteiger partial charge in [0.05, 0.1) is 0 Å². The summed E-state index contributed by atoms with van der Waals surface area (Å²) in [5.41, 5.74) is 3.50. The Morgan fingerprint density at radius 3 is 1.86 bits per heavy atom. The van der Waals surface area contributed by atoms with E-state index in [1.165, 1.54) is 12.1 Å². The lowest BCUT2D eigenvalue weighted by Gasteiger charge is -2.32. The number of nitrogens with one attached hydrogen (secondary N) is 1. The molecule has 1 N–H and O–H groups in total. The number of hydrogen-bond donors (Lipinski definition) is 1. The van der Waals surface area contributed by atoms with E-state index >= 15 is 0 Å². The summed E-state index contributed by atoms with van der Waals surface area (Å²) >= 11 is 0. The van der Waals surface area contributed by atoms with Crippen LogP contribution >= 0.6 is 0 Å². The van der Waals surface area contributed by atoms with Gasteiger partial charge in [0.25, 0.3) is 0 Å². The molecule has 0 unspecified atom stereocenters. The van der Waals surface area contributed by atoms with E-state index in [-0.39, 0.29) is 30.6 Å². The molecule has 4 aromatic rings. The van der Waals surface area contributed by atoms with Crippen LogP contribution in [-0.4, -0.2) is 16.7 Å². The Bertz CT molecular complexity index is 1250. The summed E-state index contributed by atoms with van der Waals surface area (Å²) in [5.74, 6) is -0.756. The van der Waals surface area contributed by atoms with Gasteiger partial charge in [-0.2, -0.15) is 0 Å². The summed E-state index contributed by atoms with van der Waals surface area (Å²) in [7, 11) is 0. The molecule has 0 aliphatic heterocycles. The third-order valence-electron chi connectivity index (χ3n) is 6.04. The quantitative estimate of drug-likeness (QED) is 0.310. The van der Waals surface area contributed by atoms with Crippen LogP contribution < -0.4 is 5.32 Å². The molecule has 0 saturated carbocycles. The van der Waals surface area contributed by atoms with Crippen LogP contribution in [0.1, 0.15) is 34.7 Å². The van der Waals surface area contributed by atoms with Gasteiger partial charge in [-0.25, -0.2) is 4.39 Å². The molecular weight excluding hydrogens is 451 g/mol. The SMILES string of the molecule is O=C(NCc1ccccc1)[C@H](c1ccccc1)N(Cc1ccc(F)cc1)C(=O)CCc1ccccc1. The molecule has 0 aromatic heterocycles. The first-order chi connectivity index (χ1) is 17.6. The van der Waals surface area contributed by atoms with Crippen molar-refractivity contribution < 1.29 is 14.0 Å². The molecule has 5 heteroatoms. The Morgan fingerprint density at radius 1 is 0.694 bits per heavy atom. The fourth-order valence-corrected chi connectivity index (χ4v) is 4.14. The van der Waals surface area contributed by atoms with E-state index in [0.717, 1.165) is 22.3 Å². The Hall–Kier alpha value is -4.25. The summed E-state index contributed by atoms with van der Waals surface area (Å²) < 4.78 is 13.6. The van der Waals surface area contributed by atoms with Crippen LogP contribution in [-0.2, 0) is 29.1 Å². The van der Waals surface area contributed by atoms with E-state index in [0.29, 0.717) is 13.0 Å². The molecule has 4 nitrogen and oxygen atoms in total. The maximum Gasteiger partial charge on any atom is 0.247 e. The number of halogens is 1. The predicted molar refractivity (Wildman–Crippen MR) is 139 cm³/mol. The van der Waals surface area contributed by atoms with E-state index in [1.807, 2.05) is 91.0 Å². The summed E-state index contributed by atoms with van der Waals surface area (Å²) in [4.78, 5) is 28.9. The highest BCUT2D eigenvalue weighted by Crippen LogP contribution is 2.25. The number of aryl methyl sites for hydroxylation is 1. The van der Waals surface area contributed by atoms with Crippen LogP contribution in [0.5, 0.6) is 0 Å². The lowest BCUT2D eigenvalue weighted by Crippen LogP contribution is -2.43. The van der Waals surface area contributed by atoms with Crippen LogP contribution in [0, 0.1) is 5.82 Å². The topological polar surface area (TPSA) is 49.4 Å². The van der Waals surface area contributed by atoms with E-state index in [9.17, 15) is 14.0 Å². The van der Waals surface area contributed by atoms with Gasteiger partial charge in [0.2, 0.25) is 11.8 Å². The average Bonchev–Trinajstić information content (AvgIpc) is 2.93. The number of carbonyl (C=O) groups is 2. The zero-order chi connectivity index (χ0) is 25.2. The Morgan fingerprint density at radius 2 is 1.25 bits per heavy atom. The zero-order valence-corrected chi connectivity index (χ0v) is 20.0. The third-order valence-corrected chi connectivity index (χ3v) is 6.04. The van der Waals surface area contributed by atoms with Crippen molar-refractivity contribution in [2.24, 2.45) is 0 Å². The Balaban J connectivity index is 1.62. The normalized spacial score (nSPS) is 11.5. The summed E-state index contributed by atoms with van der Waals surface area (Å²) in [6.45, 7) is 0.540. The minimum atomic E-state index is -0.830. The number of amides is 2. The van der Waals surface area contributed by atoms with Gasteiger partial charge in [0.15, 0.2) is 0 Å². The Kier molecular flexibility index (Phi) is 8.60. The molecule has 0 bridgehead atoms. The number of hydrogen-bond acceptors (Lipinski definition) is 2. The molecule has 0 heterocycles. The van der Waals surface area contributed by atoms with Crippen molar-refractivity contribution in [1.82, 2.24) is 10.2 Å². The lowest BCUT2D eigenvalue weighted by atomic mass is 10.0. The number of nitrogens with zero attached hydrogens (tertiary/aromatic N) is 1. The van der Waals surface area contributed by atoms with Gasteiger partial charge >= 0.3 is 0 Å². The van der Waals surface area contributed by atoms with Gasteiger partial charge in [-0.05, 0) is 40.8 Å². The van der Waals surface area contributed by atoms with Crippen LogP contribution in [0.4, 0.5) is 4.39 Å². The van der Waals surface area contributed by atoms with Crippen molar-refractivity contribution in [2.75, 3.05) is 0 Å². The second kappa shape index (κ2) is 12.5. The van der Waals surface area contributed by atoms with Gasteiger partial charge in [0, 0.05) is 19.5 Å². The molecule has 36 heavy (non-hydrogen) atoms. The Labute approximate surface area is 211 Å². The maximum atomic E-state index is 13.7. The van der Waals surface area contributed by atoms with Crippen molar-refractivity contribution in [3.8, 4) is 0 Å². The highest BCUT2D eigenvalue weighted by atomic mass is 19.1. The third kappa shape index (κ3) is 6.89. The van der Waals surface area contributed by atoms with Crippen LogP contribution in [0.15, 0.2) is 115 Å². The highest BCUT2D eigenvalue weighted by molar-refractivity contribution is 5.88. The molecule has 0 spiro atoms. The number of carbonyl (C=O) groups excluding carboxylic acids is 2. The van der Waals surface area contributed by atoms with Gasteiger partial charge in [-0.1, -0.05) is 103 Å². The minimum Gasteiger partial charge on any atom is -0.350 e. The summed E-state index contributed by atoms with van der Waals surface area (Å²) in [5, 5.41) is 3.01. The molecule has 1 atom stereocenters. The molecular formula is C31H29FN2O2. The molecule has 4 aromatic carbocycles. The monoisotopic (exact) mass is 480 g/mol. The van der Waals surface area contributed by atoms with Crippen LogP contribution in [0.3, 0.4) is 0 Å². The van der Waals surface area contributed by atoms with Gasteiger partial charge in [-0.3, -0.25) is 9.59 Å². The molecule has 0 aliphatic carbocycles. The van der Waals surface area contributed by atoms with Gasteiger partial charge in [0.1, 0.15) is 11.9 Å². The average molecular weight is 481 g/mol. The zero-order valence-electron chi connectivity index (χ0n) is 20.0. The van der Waals surface area contributed by atoms with Crippen molar-refractivity contribution in [2.45, 2.75) is 32.0 Å². The second-order valence-corrected chi connectivity index (χ2v) is 8.65. The largest absolute Gasteiger partial charge is 0.350 e. The fourth-order valence-electron chi connectivity index (χ4n) is 4.14. The lowest BCUT2D eigenvalue weighted by molar-refractivity contribution is -0.141. The molecule has 182 valence electrons. The molecule has 2 amide bonds. The van der Waals surface area contributed by atoms with Crippen LogP contribution in [0.2, 0.25) is 0 Å². The first-order valence-electron chi connectivity index (χ1n) is 12.0. The van der Waals surface area contributed by atoms with E-state index < -0.39 is 6.04 Å². The van der Waals surface area contributed by atoms with Gasteiger partial charge < -0.3 is 10.2 Å². The van der Waals surface area contributed by atoms with Crippen LogP contribution in [0.25, 0.3) is 0 Å². The van der Waals surface area contributed by atoms with E-state index in [1.54, 1.807) is 17.0 Å². The molecule has 4 rings (SSSR count). The summed E-state index contributed by atoms with van der Waals surface area (Å²) in [6, 6.07) is 34.0. The molecule has 0 saturated heterocycles. The highest BCUT2D eigenvalue weighted by Gasteiger charge is 2.31. The first-order valence-corrected chi connectivity index (χ1v) is 12.0. The van der Waals surface area contributed by atoms with Crippen molar-refractivity contribution in [1.29, 1.82) is 0 Å². The first kappa shape index (κ1) is 24.9. The maximum absolute atomic E-state index is 13.7. The second-order valence-electron chi connectivity index (χ2n) is 8.65. The van der Waals surface area contributed by atoms with Gasteiger partial charge in [-0.15, -0.1) is 0 Å². The van der Waals surface area contributed by atoms with E-state index in [4.69, 9.17) is 0 Å².